The fourth-order valence-corrected chi connectivity index (χ4v) is 0.652. The summed E-state index contributed by atoms with van der Waals surface area (Å²) < 4.78 is 35.9. The molecule has 0 aliphatic carbocycles. The molecule has 64 valence electrons. The third-order valence-electron chi connectivity index (χ3n) is 1.44. The van der Waals surface area contributed by atoms with E-state index in [2.05, 4.69) is 11.4 Å². The highest BCUT2D eigenvalue weighted by Crippen LogP contribution is 2.37. The van der Waals surface area contributed by atoms with E-state index in [1.165, 1.54) is 0 Å². The van der Waals surface area contributed by atoms with Crippen LogP contribution in [0.2, 0.25) is 0 Å². The van der Waals surface area contributed by atoms with Crippen molar-refractivity contribution in [1.82, 2.24) is 5.48 Å². The van der Waals surface area contributed by atoms with Crippen molar-refractivity contribution < 1.29 is 23.1 Å². The van der Waals surface area contributed by atoms with Gasteiger partial charge in [-0.1, -0.05) is 6.58 Å². The third-order valence-corrected chi connectivity index (χ3v) is 1.44. The number of alkyl halides is 3. The van der Waals surface area contributed by atoms with Crippen LogP contribution < -0.4 is 5.48 Å². The lowest BCUT2D eigenvalue weighted by Crippen LogP contribution is -2.47. The van der Waals surface area contributed by atoms with Crippen LogP contribution in [0.25, 0.3) is 0 Å². The average Bonchev–Trinajstić information content (AvgIpc) is 2.12. The van der Waals surface area contributed by atoms with Gasteiger partial charge in [-0.2, -0.15) is 13.2 Å². The van der Waals surface area contributed by atoms with E-state index in [0.717, 1.165) is 0 Å². The summed E-state index contributed by atoms with van der Waals surface area (Å²) in [5, 5.41) is 8.88. The SMILES string of the molecule is C=C1NOC[C@@]1(O)C(F)(F)F. The Morgan fingerprint density at radius 3 is 2.36 bits per heavy atom. The smallest absolute Gasteiger partial charge is 0.373 e. The van der Waals surface area contributed by atoms with Crippen LogP contribution in [0.4, 0.5) is 13.2 Å². The summed E-state index contributed by atoms with van der Waals surface area (Å²) >= 11 is 0. The van der Waals surface area contributed by atoms with Crippen molar-refractivity contribution in [1.29, 1.82) is 0 Å². The molecule has 6 heteroatoms. The molecule has 1 rings (SSSR count). The molecular formula is C5H6F3NO2. The van der Waals surface area contributed by atoms with Gasteiger partial charge in [0, 0.05) is 0 Å². The fourth-order valence-electron chi connectivity index (χ4n) is 0.652. The van der Waals surface area contributed by atoms with Crippen LogP contribution in [-0.4, -0.2) is 23.5 Å². The lowest BCUT2D eigenvalue weighted by atomic mass is 10.0. The monoisotopic (exact) mass is 169 g/mol. The minimum atomic E-state index is -4.74. The Morgan fingerprint density at radius 1 is 1.64 bits per heavy atom. The zero-order valence-corrected chi connectivity index (χ0v) is 5.40. The van der Waals surface area contributed by atoms with Gasteiger partial charge in [-0.25, -0.2) is 0 Å². The lowest BCUT2D eigenvalue weighted by Gasteiger charge is -2.23. The molecule has 1 atom stereocenters. The summed E-state index contributed by atoms with van der Waals surface area (Å²) in [6.45, 7) is 2.12. The predicted octanol–water partition coefficient (Wildman–Crippen LogP) is 0.328. The Labute approximate surface area is 60.4 Å². The molecule has 1 saturated heterocycles. The van der Waals surface area contributed by atoms with E-state index < -0.39 is 24.1 Å². The zero-order valence-electron chi connectivity index (χ0n) is 5.40. The topological polar surface area (TPSA) is 41.5 Å². The maximum absolute atomic E-state index is 12.0. The minimum absolute atomic E-state index is 0.579. The number of hydrogen-bond donors (Lipinski definition) is 2. The van der Waals surface area contributed by atoms with Gasteiger partial charge in [0.25, 0.3) is 0 Å². The first kappa shape index (κ1) is 8.35. The van der Waals surface area contributed by atoms with Crippen molar-refractivity contribution in [2.75, 3.05) is 6.61 Å². The van der Waals surface area contributed by atoms with E-state index in [0.29, 0.717) is 0 Å². The van der Waals surface area contributed by atoms with Crippen LogP contribution in [0.1, 0.15) is 0 Å². The van der Waals surface area contributed by atoms with Crippen LogP contribution in [-0.2, 0) is 4.84 Å². The van der Waals surface area contributed by atoms with Crippen molar-refractivity contribution in [2.24, 2.45) is 0 Å². The molecule has 0 aromatic rings. The van der Waals surface area contributed by atoms with Crippen molar-refractivity contribution in [2.45, 2.75) is 11.8 Å². The first-order valence-corrected chi connectivity index (χ1v) is 2.74. The molecule has 0 amide bonds. The van der Waals surface area contributed by atoms with E-state index in [9.17, 15) is 13.2 Å². The van der Waals surface area contributed by atoms with Gasteiger partial charge in [0.15, 0.2) is 0 Å². The summed E-state index contributed by atoms with van der Waals surface area (Å²) in [5.74, 6) is 0. The molecule has 0 aromatic heterocycles. The lowest BCUT2D eigenvalue weighted by molar-refractivity contribution is -0.244. The summed E-state index contributed by atoms with van der Waals surface area (Å²) in [6, 6.07) is 0. The molecule has 1 aliphatic heterocycles. The Bertz CT molecular complexity index is 191. The molecular weight excluding hydrogens is 163 g/mol. The minimum Gasteiger partial charge on any atom is -0.373 e. The van der Waals surface area contributed by atoms with Gasteiger partial charge in [0.05, 0.1) is 5.70 Å². The summed E-state index contributed by atoms with van der Waals surface area (Å²) in [5.41, 5.74) is -1.66. The van der Waals surface area contributed by atoms with Gasteiger partial charge in [-0.05, 0) is 0 Å². The number of halogens is 3. The van der Waals surface area contributed by atoms with Crippen LogP contribution in [0.15, 0.2) is 12.3 Å². The van der Waals surface area contributed by atoms with Gasteiger partial charge < -0.3 is 5.11 Å². The van der Waals surface area contributed by atoms with Crippen molar-refractivity contribution in [3.8, 4) is 0 Å². The maximum atomic E-state index is 12.0. The second-order valence-corrected chi connectivity index (χ2v) is 2.23. The molecule has 2 N–H and O–H groups in total. The largest absolute Gasteiger partial charge is 0.425 e. The van der Waals surface area contributed by atoms with Gasteiger partial charge >= 0.3 is 6.18 Å². The molecule has 0 spiro atoms. The fraction of sp³-hybridized carbons (Fsp3) is 0.600. The van der Waals surface area contributed by atoms with E-state index in [1.807, 2.05) is 5.48 Å². The second-order valence-electron chi connectivity index (χ2n) is 2.23. The highest BCUT2D eigenvalue weighted by Gasteiger charge is 2.59. The molecule has 0 bridgehead atoms. The highest BCUT2D eigenvalue weighted by atomic mass is 19.4. The number of aliphatic hydroxyl groups is 1. The molecule has 3 nitrogen and oxygen atoms in total. The number of hydroxylamine groups is 1. The van der Waals surface area contributed by atoms with Crippen molar-refractivity contribution >= 4 is 0 Å². The molecule has 0 unspecified atom stereocenters. The zero-order chi connectivity index (χ0) is 8.70. The summed E-state index contributed by atoms with van der Waals surface area (Å²) in [7, 11) is 0. The Hall–Kier alpha value is -0.750. The third kappa shape index (κ3) is 1.08. The van der Waals surface area contributed by atoms with Crippen LogP contribution in [0.5, 0.6) is 0 Å². The quantitative estimate of drug-likeness (QED) is 0.549. The number of nitrogens with one attached hydrogen (secondary N) is 1. The van der Waals surface area contributed by atoms with Crippen LogP contribution in [0, 0.1) is 0 Å². The predicted molar refractivity (Wildman–Crippen MR) is 29.2 cm³/mol. The molecule has 11 heavy (non-hydrogen) atoms. The maximum Gasteiger partial charge on any atom is 0.425 e. The second kappa shape index (κ2) is 2.12. The average molecular weight is 169 g/mol. The molecule has 0 aromatic carbocycles. The van der Waals surface area contributed by atoms with Gasteiger partial charge in [0.2, 0.25) is 5.60 Å². The number of hydrogen-bond acceptors (Lipinski definition) is 3. The Balaban J connectivity index is 2.90. The van der Waals surface area contributed by atoms with E-state index in [4.69, 9.17) is 5.11 Å². The highest BCUT2D eigenvalue weighted by molar-refractivity contribution is 5.16. The standard InChI is InChI=1S/C5H6F3NO2/c1-3-4(10,2-11-9-3)5(6,7)8/h9-10H,1-2H2/t4-/m0/s1. The number of rotatable bonds is 0. The Kier molecular flexibility index (Phi) is 1.61. The summed E-state index contributed by atoms with van der Waals surface area (Å²) in [6.07, 6.45) is -4.74. The van der Waals surface area contributed by atoms with Gasteiger partial charge in [0.1, 0.15) is 6.61 Å². The van der Waals surface area contributed by atoms with Crippen molar-refractivity contribution in [3.63, 3.8) is 0 Å². The van der Waals surface area contributed by atoms with E-state index in [1.54, 1.807) is 0 Å². The normalized spacial score (nSPS) is 32.2. The molecule has 0 radical (unpaired) electrons. The first-order chi connectivity index (χ1) is 4.88. The molecule has 0 saturated carbocycles. The van der Waals surface area contributed by atoms with Crippen molar-refractivity contribution in [3.05, 3.63) is 12.3 Å². The van der Waals surface area contributed by atoms with Crippen LogP contribution in [0.3, 0.4) is 0 Å². The van der Waals surface area contributed by atoms with Gasteiger partial charge in [-0.3, -0.25) is 10.3 Å². The van der Waals surface area contributed by atoms with Crippen LogP contribution >= 0.6 is 0 Å². The first-order valence-electron chi connectivity index (χ1n) is 2.74. The van der Waals surface area contributed by atoms with E-state index in [-0.39, 0.29) is 0 Å². The van der Waals surface area contributed by atoms with E-state index >= 15 is 0 Å². The molecule has 1 aliphatic rings. The Morgan fingerprint density at radius 2 is 2.18 bits per heavy atom. The summed E-state index contributed by atoms with van der Waals surface area (Å²) in [4.78, 5) is 4.18. The molecule has 1 fully saturated rings. The molecule has 1 heterocycles. The van der Waals surface area contributed by atoms with Gasteiger partial charge in [-0.15, -0.1) is 0 Å².